The molecule has 0 saturated heterocycles. The van der Waals surface area contributed by atoms with Crippen LogP contribution in [0.5, 0.6) is 0 Å². The van der Waals surface area contributed by atoms with Crippen LogP contribution in [0.2, 0.25) is 0 Å². The molecule has 142 valence electrons. The summed E-state index contributed by atoms with van der Waals surface area (Å²) in [4.78, 5) is 11.2. The average Bonchev–Trinajstić information content (AvgIpc) is 2.96. The molecule has 0 spiro atoms. The molecule has 2 N–H and O–H groups in total. The van der Waals surface area contributed by atoms with Crippen LogP contribution in [0, 0.1) is 19.7 Å². The molecule has 5 nitrogen and oxygen atoms in total. The van der Waals surface area contributed by atoms with Gasteiger partial charge in [-0.15, -0.1) is 0 Å². The summed E-state index contributed by atoms with van der Waals surface area (Å²) in [5, 5.41) is 14.2. The highest BCUT2D eigenvalue weighted by Crippen LogP contribution is 2.25. The van der Waals surface area contributed by atoms with Crippen LogP contribution in [0.25, 0.3) is 0 Å². The summed E-state index contributed by atoms with van der Waals surface area (Å²) in [6, 6.07) is 3.46. The molecule has 0 aliphatic carbocycles. The molecule has 1 aliphatic rings. The topological polar surface area (TPSA) is 69.2 Å². The van der Waals surface area contributed by atoms with Gasteiger partial charge >= 0.3 is 12.1 Å². The molecule has 0 radical (unpaired) electrons. The first-order valence-electron chi connectivity index (χ1n) is 7.87. The first kappa shape index (κ1) is 19.9. The standard InChI is InChI=1S/C15H18FN3.C2HF3O2/c1-10-3-4-14(16)13-8-19(6-5-12(10)13)9-15-11(2)7-17-18-15;3-2(4,5)1(6)7/h3-4,7H,5-6,8-9H2,1-2H3,(H,17,18);(H,6,7). The molecule has 3 rings (SSSR count). The van der Waals surface area contributed by atoms with Gasteiger partial charge in [-0.05, 0) is 43.0 Å². The maximum atomic E-state index is 13.9. The number of alkyl halides is 3. The van der Waals surface area contributed by atoms with Crippen molar-refractivity contribution in [3.8, 4) is 0 Å². The van der Waals surface area contributed by atoms with E-state index in [0.717, 1.165) is 36.3 Å². The van der Waals surface area contributed by atoms with Crippen LogP contribution < -0.4 is 0 Å². The summed E-state index contributed by atoms with van der Waals surface area (Å²) < 4.78 is 45.7. The molecule has 9 heteroatoms. The maximum Gasteiger partial charge on any atom is 0.490 e. The fourth-order valence-corrected chi connectivity index (χ4v) is 2.76. The molecule has 0 atom stereocenters. The highest BCUT2D eigenvalue weighted by Gasteiger charge is 2.38. The number of nitrogens with one attached hydrogen (secondary N) is 1. The zero-order chi connectivity index (χ0) is 19.5. The fraction of sp³-hybridized carbons (Fsp3) is 0.412. The summed E-state index contributed by atoms with van der Waals surface area (Å²) >= 11 is 0. The Labute approximate surface area is 147 Å². The van der Waals surface area contributed by atoms with E-state index in [2.05, 4.69) is 22.0 Å². The molecule has 1 aromatic heterocycles. The smallest absolute Gasteiger partial charge is 0.475 e. The van der Waals surface area contributed by atoms with Crippen LogP contribution in [-0.2, 0) is 24.3 Å². The maximum absolute atomic E-state index is 13.9. The van der Waals surface area contributed by atoms with Gasteiger partial charge in [-0.2, -0.15) is 18.3 Å². The van der Waals surface area contributed by atoms with Crippen LogP contribution in [0.4, 0.5) is 17.6 Å². The number of hydrogen-bond acceptors (Lipinski definition) is 3. The SMILES string of the molecule is Cc1cn[nH]c1CN1CCc2c(C)ccc(F)c2C1.O=C(O)C(F)(F)F. The number of carbonyl (C=O) groups is 1. The van der Waals surface area contributed by atoms with Crippen LogP contribution in [0.15, 0.2) is 18.3 Å². The summed E-state index contributed by atoms with van der Waals surface area (Å²) in [6.07, 6.45) is -2.33. The minimum Gasteiger partial charge on any atom is -0.475 e. The van der Waals surface area contributed by atoms with Gasteiger partial charge in [-0.25, -0.2) is 9.18 Å². The number of aliphatic carboxylic acids is 1. The Hall–Kier alpha value is -2.42. The number of fused-ring (bicyclic) bond motifs is 1. The second-order valence-corrected chi connectivity index (χ2v) is 6.12. The number of H-pyrrole nitrogens is 1. The van der Waals surface area contributed by atoms with Crippen molar-refractivity contribution in [2.24, 2.45) is 0 Å². The number of rotatable bonds is 2. The van der Waals surface area contributed by atoms with Crippen molar-refractivity contribution in [2.45, 2.75) is 39.5 Å². The molecule has 0 unspecified atom stereocenters. The summed E-state index contributed by atoms with van der Waals surface area (Å²) in [6.45, 7) is 6.56. The van der Waals surface area contributed by atoms with Crippen molar-refractivity contribution in [3.05, 3.63) is 52.1 Å². The van der Waals surface area contributed by atoms with Crippen molar-refractivity contribution >= 4 is 5.97 Å². The molecule has 1 aromatic carbocycles. The lowest BCUT2D eigenvalue weighted by Crippen LogP contribution is -2.31. The monoisotopic (exact) mass is 373 g/mol. The van der Waals surface area contributed by atoms with Crippen LogP contribution in [-0.4, -0.2) is 38.9 Å². The van der Waals surface area contributed by atoms with Crippen LogP contribution in [0.1, 0.15) is 27.9 Å². The summed E-state index contributed by atoms with van der Waals surface area (Å²) in [7, 11) is 0. The number of benzene rings is 1. The molecular weight excluding hydrogens is 354 g/mol. The van der Waals surface area contributed by atoms with Gasteiger partial charge in [-0.3, -0.25) is 10.00 Å². The second-order valence-electron chi connectivity index (χ2n) is 6.12. The van der Waals surface area contributed by atoms with E-state index in [1.165, 1.54) is 11.1 Å². The van der Waals surface area contributed by atoms with Gasteiger partial charge < -0.3 is 5.11 Å². The van der Waals surface area contributed by atoms with Gasteiger partial charge in [-0.1, -0.05) is 6.07 Å². The first-order valence-corrected chi connectivity index (χ1v) is 7.87. The van der Waals surface area contributed by atoms with Gasteiger partial charge in [0.2, 0.25) is 0 Å². The molecule has 26 heavy (non-hydrogen) atoms. The third-order valence-electron chi connectivity index (χ3n) is 4.23. The van der Waals surface area contributed by atoms with E-state index in [4.69, 9.17) is 9.90 Å². The van der Waals surface area contributed by atoms with Crippen LogP contribution >= 0.6 is 0 Å². The van der Waals surface area contributed by atoms with Gasteiger partial charge in [0.1, 0.15) is 5.82 Å². The lowest BCUT2D eigenvalue weighted by Gasteiger charge is -2.29. The lowest BCUT2D eigenvalue weighted by molar-refractivity contribution is -0.192. The number of aromatic amines is 1. The van der Waals surface area contributed by atoms with E-state index in [-0.39, 0.29) is 5.82 Å². The molecular formula is C17H19F4N3O2. The highest BCUT2D eigenvalue weighted by molar-refractivity contribution is 5.73. The Morgan fingerprint density at radius 3 is 2.46 bits per heavy atom. The van der Waals surface area contributed by atoms with E-state index in [9.17, 15) is 17.6 Å². The van der Waals surface area contributed by atoms with E-state index in [1.807, 2.05) is 19.2 Å². The molecule has 0 bridgehead atoms. The molecule has 0 saturated carbocycles. The summed E-state index contributed by atoms with van der Waals surface area (Å²) in [5.41, 5.74) is 5.54. The van der Waals surface area contributed by atoms with Crippen LogP contribution in [0.3, 0.4) is 0 Å². The third kappa shape index (κ3) is 4.81. The van der Waals surface area contributed by atoms with E-state index < -0.39 is 12.1 Å². The summed E-state index contributed by atoms with van der Waals surface area (Å²) in [5.74, 6) is -2.83. The fourth-order valence-electron chi connectivity index (χ4n) is 2.76. The Morgan fingerprint density at radius 2 is 1.92 bits per heavy atom. The zero-order valence-electron chi connectivity index (χ0n) is 14.3. The number of aryl methyl sites for hydroxylation is 2. The van der Waals surface area contributed by atoms with Gasteiger partial charge in [0.15, 0.2) is 0 Å². The predicted octanol–water partition coefficient (Wildman–Crippen LogP) is 3.36. The van der Waals surface area contributed by atoms with E-state index >= 15 is 0 Å². The largest absolute Gasteiger partial charge is 0.490 e. The van der Waals surface area contributed by atoms with Gasteiger partial charge in [0.25, 0.3) is 0 Å². The normalized spacial score (nSPS) is 14.4. The Bertz CT molecular complexity index is 787. The number of nitrogens with zero attached hydrogens (tertiary/aromatic N) is 2. The van der Waals surface area contributed by atoms with E-state index in [0.29, 0.717) is 6.54 Å². The number of aromatic nitrogens is 2. The van der Waals surface area contributed by atoms with E-state index in [1.54, 1.807) is 6.07 Å². The van der Waals surface area contributed by atoms with Crippen molar-refractivity contribution < 1.29 is 27.5 Å². The van der Waals surface area contributed by atoms with Gasteiger partial charge in [0.05, 0.1) is 11.9 Å². The molecule has 2 heterocycles. The Balaban J connectivity index is 0.000000298. The average molecular weight is 373 g/mol. The molecule has 0 amide bonds. The molecule has 2 aromatic rings. The quantitative estimate of drug-likeness (QED) is 0.792. The Kier molecular flexibility index (Phi) is 6.01. The van der Waals surface area contributed by atoms with Crippen molar-refractivity contribution in [1.82, 2.24) is 15.1 Å². The zero-order valence-corrected chi connectivity index (χ0v) is 14.3. The molecule has 1 aliphatic heterocycles. The lowest BCUT2D eigenvalue weighted by atomic mass is 9.94. The van der Waals surface area contributed by atoms with Crippen molar-refractivity contribution in [1.29, 1.82) is 0 Å². The molecule has 0 fully saturated rings. The number of halogens is 4. The minimum absolute atomic E-state index is 0.0772. The number of carboxylic acid groups (broad SMARTS) is 1. The second kappa shape index (κ2) is 7.86. The third-order valence-corrected chi connectivity index (χ3v) is 4.23. The first-order chi connectivity index (χ1) is 12.1. The predicted molar refractivity (Wildman–Crippen MR) is 86.0 cm³/mol. The van der Waals surface area contributed by atoms with Crippen molar-refractivity contribution in [2.75, 3.05) is 6.54 Å². The Morgan fingerprint density at radius 1 is 1.27 bits per heavy atom. The number of hydrogen-bond donors (Lipinski definition) is 2. The number of carboxylic acids is 1. The minimum atomic E-state index is -5.08. The highest BCUT2D eigenvalue weighted by atomic mass is 19.4. The van der Waals surface area contributed by atoms with Gasteiger partial charge in [0, 0.05) is 25.2 Å². The van der Waals surface area contributed by atoms with Crippen molar-refractivity contribution in [3.63, 3.8) is 0 Å².